The van der Waals surface area contributed by atoms with Crippen LogP contribution in [0.15, 0.2) is 48.5 Å². The highest BCUT2D eigenvalue weighted by molar-refractivity contribution is 6.30. The zero-order valence-corrected chi connectivity index (χ0v) is 12.5. The summed E-state index contributed by atoms with van der Waals surface area (Å²) in [4.78, 5) is 0. The number of anilines is 1. The van der Waals surface area contributed by atoms with Crippen molar-refractivity contribution in [3.05, 3.63) is 64.7 Å². The lowest BCUT2D eigenvalue weighted by Crippen LogP contribution is -2.19. The van der Waals surface area contributed by atoms with E-state index < -0.39 is 6.10 Å². The van der Waals surface area contributed by atoms with E-state index in [9.17, 15) is 5.11 Å². The van der Waals surface area contributed by atoms with E-state index in [0.29, 0.717) is 5.02 Å². The Morgan fingerprint density at radius 3 is 1.95 bits per heavy atom. The molecule has 22 heavy (non-hydrogen) atoms. The predicted molar refractivity (Wildman–Crippen MR) is 85.2 cm³/mol. The van der Waals surface area contributed by atoms with Gasteiger partial charge in [0.1, 0.15) is 0 Å². The van der Waals surface area contributed by atoms with Gasteiger partial charge in [-0.1, -0.05) is 35.9 Å². The summed E-state index contributed by atoms with van der Waals surface area (Å²) >= 11 is 5.90. The topological polar surface area (TPSA) is 63.9 Å². The molecule has 5 heteroatoms. The summed E-state index contributed by atoms with van der Waals surface area (Å²) in [6.45, 7) is 0. The first kappa shape index (κ1) is 16.3. The molecule has 0 aromatic heterocycles. The van der Waals surface area contributed by atoms with E-state index in [-0.39, 0.29) is 23.3 Å². The van der Waals surface area contributed by atoms with E-state index in [1.807, 2.05) is 12.1 Å². The van der Waals surface area contributed by atoms with Crippen LogP contribution >= 0.6 is 11.6 Å². The first-order valence-corrected chi connectivity index (χ1v) is 7.05. The van der Waals surface area contributed by atoms with Crippen molar-refractivity contribution in [3.8, 4) is 12.3 Å². The van der Waals surface area contributed by atoms with Crippen molar-refractivity contribution in [3.63, 3.8) is 0 Å². The fraction of sp³-hybridized carbons (Fsp3) is 0.176. The van der Waals surface area contributed by atoms with Gasteiger partial charge in [0.2, 0.25) is 0 Å². The number of nitrogens with zero attached hydrogens (tertiary/aromatic N) is 1. The Balaban J connectivity index is 2.39. The predicted octanol–water partition coefficient (Wildman–Crippen LogP) is 3.44. The van der Waals surface area contributed by atoms with Gasteiger partial charge in [-0.05, 0) is 35.4 Å². The second-order valence-corrected chi connectivity index (χ2v) is 5.32. The lowest BCUT2D eigenvalue weighted by Gasteiger charge is -2.23. The van der Waals surface area contributed by atoms with E-state index in [1.165, 1.54) is 0 Å². The van der Waals surface area contributed by atoms with Crippen LogP contribution < -0.4 is 5.23 Å². The average molecular weight is 318 g/mol. The molecule has 2 rings (SSSR count). The van der Waals surface area contributed by atoms with E-state index in [1.54, 1.807) is 36.4 Å². The van der Waals surface area contributed by atoms with Crippen molar-refractivity contribution in [2.24, 2.45) is 0 Å². The second kappa shape index (κ2) is 7.30. The largest absolute Gasteiger partial charge is 0.391 e. The van der Waals surface area contributed by atoms with Crippen molar-refractivity contribution in [1.82, 2.24) is 0 Å². The minimum absolute atomic E-state index is 0.0406. The third-order valence-electron chi connectivity index (χ3n) is 3.42. The Labute approximate surface area is 134 Å². The molecule has 3 N–H and O–H groups in total. The number of hydrogen-bond acceptors (Lipinski definition) is 4. The Kier molecular flexibility index (Phi) is 5.42. The van der Waals surface area contributed by atoms with Gasteiger partial charge in [-0.15, -0.1) is 17.6 Å². The van der Waals surface area contributed by atoms with Crippen LogP contribution in [0.4, 0.5) is 5.69 Å². The molecule has 2 aromatic carbocycles. The third-order valence-corrected chi connectivity index (χ3v) is 3.68. The molecule has 4 nitrogen and oxygen atoms in total. The Bertz CT molecular complexity index is 647. The maximum absolute atomic E-state index is 10.4. The molecule has 114 valence electrons. The molecule has 2 atom stereocenters. The second-order valence-electron chi connectivity index (χ2n) is 4.89. The SMILES string of the molecule is C#CCC(O)C(c1ccc(Cl)cc1)c1ccc(N(O)O)cc1. The first-order chi connectivity index (χ1) is 10.5. The van der Waals surface area contributed by atoms with Gasteiger partial charge in [0.05, 0.1) is 11.8 Å². The smallest absolute Gasteiger partial charge is 0.0942 e. The summed E-state index contributed by atoms with van der Waals surface area (Å²) in [5.74, 6) is 2.14. The molecule has 0 saturated heterocycles. The fourth-order valence-electron chi connectivity index (χ4n) is 2.36. The molecule has 0 bridgehead atoms. The van der Waals surface area contributed by atoms with Gasteiger partial charge in [0.25, 0.3) is 0 Å². The number of terminal acetylenes is 1. The third kappa shape index (κ3) is 3.79. The highest BCUT2D eigenvalue weighted by Gasteiger charge is 2.22. The number of aliphatic hydroxyl groups excluding tert-OH is 1. The lowest BCUT2D eigenvalue weighted by molar-refractivity contribution is 0.0291. The van der Waals surface area contributed by atoms with E-state index in [0.717, 1.165) is 11.1 Å². The van der Waals surface area contributed by atoms with Gasteiger partial charge in [-0.25, -0.2) is 0 Å². The quantitative estimate of drug-likeness (QED) is 0.584. The molecule has 0 amide bonds. The molecule has 0 radical (unpaired) electrons. The molecular formula is C17H16ClNO3. The normalized spacial score (nSPS) is 13.2. The molecule has 2 unspecified atom stereocenters. The first-order valence-electron chi connectivity index (χ1n) is 6.67. The van der Waals surface area contributed by atoms with Crippen molar-refractivity contribution < 1.29 is 15.5 Å². The van der Waals surface area contributed by atoms with Crippen molar-refractivity contribution >= 4 is 17.3 Å². The number of halogens is 1. The van der Waals surface area contributed by atoms with Gasteiger partial charge in [-0.2, -0.15) is 0 Å². The lowest BCUT2D eigenvalue weighted by atomic mass is 9.85. The summed E-state index contributed by atoms with van der Waals surface area (Å²) in [5.41, 5.74) is 1.92. The highest BCUT2D eigenvalue weighted by atomic mass is 35.5. The van der Waals surface area contributed by atoms with Crippen molar-refractivity contribution in [2.75, 3.05) is 5.23 Å². The summed E-state index contributed by atoms with van der Waals surface area (Å²) in [6, 6.07) is 13.7. The number of hydrogen-bond donors (Lipinski definition) is 3. The van der Waals surface area contributed by atoms with Crippen LogP contribution in [0.25, 0.3) is 0 Å². The molecule has 0 heterocycles. The zero-order chi connectivity index (χ0) is 16.1. The molecule has 0 fully saturated rings. The highest BCUT2D eigenvalue weighted by Crippen LogP contribution is 2.31. The van der Waals surface area contributed by atoms with E-state index >= 15 is 0 Å². The maximum atomic E-state index is 10.4. The number of rotatable bonds is 5. The Morgan fingerprint density at radius 1 is 1.00 bits per heavy atom. The van der Waals surface area contributed by atoms with Gasteiger partial charge >= 0.3 is 0 Å². The Hall–Kier alpha value is -2.03. The van der Waals surface area contributed by atoms with Crippen LogP contribution in [0, 0.1) is 12.3 Å². The van der Waals surface area contributed by atoms with Gasteiger partial charge < -0.3 is 5.11 Å². The molecule has 0 saturated carbocycles. The Morgan fingerprint density at radius 2 is 1.50 bits per heavy atom. The van der Waals surface area contributed by atoms with Crippen LogP contribution in [0.2, 0.25) is 5.02 Å². The monoisotopic (exact) mass is 317 g/mol. The summed E-state index contributed by atoms with van der Waals surface area (Å²) in [7, 11) is 0. The number of aliphatic hydroxyl groups is 1. The fourth-order valence-corrected chi connectivity index (χ4v) is 2.49. The minimum Gasteiger partial charge on any atom is -0.391 e. The molecular weight excluding hydrogens is 302 g/mol. The molecule has 0 aliphatic heterocycles. The summed E-state index contributed by atoms with van der Waals surface area (Å²) in [5, 5.41) is 29.0. The van der Waals surface area contributed by atoms with Crippen LogP contribution in [0.1, 0.15) is 23.5 Å². The minimum atomic E-state index is -0.753. The maximum Gasteiger partial charge on any atom is 0.0942 e. The molecule has 0 aliphatic carbocycles. The van der Waals surface area contributed by atoms with Crippen LogP contribution in [0.5, 0.6) is 0 Å². The molecule has 0 aliphatic rings. The number of benzene rings is 2. The molecule has 0 spiro atoms. The standard InChI is InChI=1S/C17H16ClNO3/c1-2-3-16(20)17(12-4-8-14(18)9-5-12)13-6-10-15(11-7-13)19(21)22/h1,4-11,16-17,20-22H,3H2. The summed E-state index contributed by atoms with van der Waals surface area (Å²) < 4.78 is 0. The van der Waals surface area contributed by atoms with E-state index in [2.05, 4.69) is 5.92 Å². The average Bonchev–Trinajstić information content (AvgIpc) is 2.50. The van der Waals surface area contributed by atoms with Crippen LogP contribution in [0.3, 0.4) is 0 Å². The van der Waals surface area contributed by atoms with Crippen molar-refractivity contribution in [2.45, 2.75) is 18.4 Å². The van der Waals surface area contributed by atoms with Crippen LogP contribution in [-0.2, 0) is 0 Å². The van der Waals surface area contributed by atoms with Gasteiger partial charge in [0, 0.05) is 17.4 Å². The van der Waals surface area contributed by atoms with Crippen molar-refractivity contribution in [1.29, 1.82) is 0 Å². The zero-order valence-electron chi connectivity index (χ0n) is 11.7. The van der Waals surface area contributed by atoms with Crippen LogP contribution in [-0.4, -0.2) is 21.6 Å². The van der Waals surface area contributed by atoms with E-state index in [4.69, 9.17) is 28.4 Å². The van der Waals surface area contributed by atoms with Gasteiger partial charge in [-0.3, -0.25) is 10.4 Å². The molecule has 2 aromatic rings. The summed E-state index contributed by atoms with van der Waals surface area (Å²) in [6.07, 6.45) is 4.76. The van der Waals surface area contributed by atoms with Gasteiger partial charge in [0.15, 0.2) is 0 Å².